The average molecular weight is 526 g/mol. The monoisotopic (exact) mass is 525 g/mol. The molecule has 0 aliphatic carbocycles. The third-order valence-electron chi connectivity index (χ3n) is 5.34. The Morgan fingerprint density at radius 3 is 2.76 bits per heavy atom. The van der Waals surface area contributed by atoms with Crippen molar-refractivity contribution in [2.45, 2.75) is 26.8 Å². The zero-order valence-corrected chi connectivity index (χ0v) is 21.3. The summed E-state index contributed by atoms with van der Waals surface area (Å²) >= 11 is 0. The Bertz CT molecular complexity index is 1340. The predicted molar refractivity (Wildman–Crippen MR) is 133 cm³/mol. The van der Waals surface area contributed by atoms with Crippen LogP contribution >= 0.6 is 0 Å². The second-order valence-electron chi connectivity index (χ2n) is 8.63. The molecule has 15 heteroatoms. The molecule has 0 aromatic carbocycles. The van der Waals surface area contributed by atoms with E-state index >= 15 is 0 Å². The summed E-state index contributed by atoms with van der Waals surface area (Å²) in [5, 5.41) is 20.2. The van der Waals surface area contributed by atoms with Gasteiger partial charge >= 0.3 is 6.09 Å². The van der Waals surface area contributed by atoms with Crippen LogP contribution in [0.3, 0.4) is 0 Å². The smallest absolute Gasteiger partial charge is 0.410 e. The van der Waals surface area contributed by atoms with Gasteiger partial charge in [-0.25, -0.2) is 9.78 Å². The summed E-state index contributed by atoms with van der Waals surface area (Å²) in [7, 11) is 2.90. The van der Waals surface area contributed by atoms with Gasteiger partial charge in [0.05, 0.1) is 24.9 Å². The maximum Gasteiger partial charge on any atom is 0.410 e. The van der Waals surface area contributed by atoms with Crippen molar-refractivity contribution in [3.05, 3.63) is 29.9 Å². The van der Waals surface area contributed by atoms with Crippen molar-refractivity contribution >= 4 is 35.2 Å². The number of hydrogen-bond donors (Lipinski definition) is 3. The van der Waals surface area contributed by atoms with Gasteiger partial charge in [0.25, 0.3) is 5.91 Å². The van der Waals surface area contributed by atoms with Crippen molar-refractivity contribution in [2.75, 3.05) is 37.9 Å². The van der Waals surface area contributed by atoms with Crippen LogP contribution in [0.25, 0.3) is 11.4 Å². The molecule has 15 nitrogen and oxygen atoms in total. The third kappa shape index (κ3) is 5.93. The van der Waals surface area contributed by atoms with E-state index in [-0.39, 0.29) is 58.9 Å². The lowest BCUT2D eigenvalue weighted by Crippen LogP contribution is -2.23. The van der Waals surface area contributed by atoms with Crippen molar-refractivity contribution < 1.29 is 28.4 Å². The van der Waals surface area contributed by atoms with Crippen LogP contribution < -0.4 is 20.7 Å². The van der Waals surface area contributed by atoms with Gasteiger partial charge in [0, 0.05) is 25.7 Å². The molecule has 0 bridgehead atoms. The van der Waals surface area contributed by atoms with E-state index in [9.17, 15) is 14.4 Å². The lowest BCUT2D eigenvalue weighted by molar-refractivity contribution is -0.116. The van der Waals surface area contributed by atoms with Gasteiger partial charge in [-0.15, -0.1) is 10.2 Å². The molecule has 1 aliphatic heterocycles. The Balaban J connectivity index is 1.63. The number of aromatic nitrogens is 5. The summed E-state index contributed by atoms with van der Waals surface area (Å²) < 4.78 is 15.8. The van der Waals surface area contributed by atoms with Gasteiger partial charge in [-0.1, -0.05) is 19.0 Å². The maximum atomic E-state index is 12.5. The van der Waals surface area contributed by atoms with Crippen LogP contribution in [0, 0.1) is 5.92 Å². The summed E-state index contributed by atoms with van der Waals surface area (Å²) in [5.41, 5.74) is 0.643. The third-order valence-corrected chi connectivity index (χ3v) is 5.34. The van der Waals surface area contributed by atoms with E-state index in [1.165, 1.54) is 31.3 Å². The van der Waals surface area contributed by atoms with Crippen molar-refractivity contribution in [1.29, 1.82) is 0 Å². The van der Waals surface area contributed by atoms with Crippen molar-refractivity contribution in [3.63, 3.8) is 0 Å². The van der Waals surface area contributed by atoms with Gasteiger partial charge in [0.1, 0.15) is 13.2 Å². The van der Waals surface area contributed by atoms with Crippen LogP contribution in [-0.2, 0) is 16.1 Å². The largest absolute Gasteiger partial charge is 0.492 e. The van der Waals surface area contributed by atoms with E-state index in [4.69, 9.17) is 14.0 Å². The first kappa shape index (κ1) is 26.2. The Labute approximate surface area is 217 Å². The van der Waals surface area contributed by atoms with Crippen LogP contribution in [0.5, 0.6) is 5.75 Å². The number of hydrogen-bond acceptors (Lipinski definition) is 12. The van der Waals surface area contributed by atoms with Crippen LogP contribution in [0.15, 0.2) is 22.9 Å². The molecule has 3 N–H and O–H groups in total. The number of pyridine rings is 1. The summed E-state index contributed by atoms with van der Waals surface area (Å²) in [6.45, 7) is 4.68. The van der Waals surface area contributed by atoms with E-state index in [1.54, 1.807) is 6.07 Å². The summed E-state index contributed by atoms with van der Waals surface area (Å²) in [6, 6.07) is 3.11. The minimum absolute atomic E-state index is 0.0250. The predicted octanol–water partition coefficient (Wildman–Crippen LogP) is 1.97. The van der Waals surface area contributed by atoms with Crippen molar-refractivity contribution in [1.82, 2.24) is 35.5 Å². The van der Waals surface area contributed by atoms with E-state index in [0.29, 0.717) is 25.1 Å². The highest BCUT2D eigenvalue weighted by Crippen LogP contribution is 2.35. The first-order valence-electron chi connectivity index (χ1n) is 11.7. The van der Waals surface area contributed by atoms with Crippen molar-refractivity contribution in [3.8, 4) is 17.1 Å². The molecule has 4 rings (SSSR count). The Hall–Kier alpha value is -4.82. The molecule has 200 valence electrons. The van der Waals surface area contributed by atoms with Gasteiger partial charge in [0.15, 0.2) is 23.1 Å². The zero-order valence-electron chi connectivity index (χ0n) is 21.3. The van der Waals surface area contributed by atoms with E-state index < -0.39 is 12.0 Å². The molecule has 1 saturated heterocycles. The number of ether oxygens (including phenoxy) is 2. The number of anilines is 3. The van der Waals surface area contributed by atoms with Crippen molar-refractivity contribution in [2.24, 2.45) is 5.92 Å². The van der Waals surface area contributed by atoms with Crippen LogP contribution in [0.1, 0.15) is 36.6 Å². The maximum absolute atomic E-state index is 12.5. The Kier molecular flexibility index (Phi) is 7.94. The quantitative estimate of drug-likeness (QED) is 0.350. The summed E-state index contributed by atoms with van der Waals surface area (Å²) in [4.78, 5) is 46.5. The molecular weight excluding hydrogens is 498 g/mol. The van der Waals surface area contributed by atoms with E-state index in [2.05, 4.69) is 41.3 Å². The first-order chi connectivity index (χ1) is 18.3. The first-order valence-corrected chi connectivity index (χ1v) is 11.7. The van der Waals surface area contributed by atoms with Gasteiger partial charge in [-0.05, 0) is 12.0 Å². The normalized spacial score (nSPS) is 12.9. The molecule has 0 radical (unpaired) electrons. The minimum atomic E-state index is -0.501. The summed E-state index contributed by atoms with van der Waals surface area (Å²) in [6.07, 6.45) is 1.34. The number of cyclic esters (lactones) is 1. The minimum Gasteiger partial charge on any atom is -0.492 e. The fourth-order valence-corrected chi connectivity index (χ4v) is 3.61. The number of nitrogens with zero attached hydrogens (tertiary/aromatic N) is 6. The topological polar surface area (TPSA) is 187 Å². The molecular formula is C23H27N9O6. The lowest BCUT2D eigenvalue weighted by atomic mass is 10.1. The molecule has 0 atom stereocenters. The molecule has 4 heterocycles. The second-order valence-corrected chi connectivity index (χ2v) is 8.63. The molecule has 0 unspecified atom stereocenters. The lowest BCUT2D eigenvalue weighted by Gasteiger charge is -2.15. The van der Waals surface area contributed by atoms with Gasteiger partial charge in [0.2, 0.25) is 17.6 Å². The van der Waals surface area contributed by atoms with E-state index in [1.807, 2.05) is 13.8 Å². The average Bonchev–Trinajstić information content (AvgIpc) is 3.52. The number of rotatable bonds is 10. The Morgan fingerprint density at radius 1 is 1.26 bits per heavy atom. The second kappa shape index (κ2) is 11.5. The standard InChI is InChI=1S/C23H27N9O6/c1-12(2)9-16(33)27-15-10-14(18(30-29-15)22(34)24-3)26-21-19(36-4)13(5-6-25-21)20-28-17(38-31-20)11-32-7-8-37-23(32)35/h5-6,10,12H,7-9,11H2,1-4H3,(H,24,34)(H2,25,26,27,29,33). The molecule has 1 aliphatic rings. The molecule has 0 spiro atoms. The number of amides is 3. The zero-order chi connectivity index (χ0) is 27.2. The molecule has 1 fully saturated rings. The van der Waals surface area contributed by atoms with Crippen LogP contribution in [-0.4, -0.2) is 75.4 Å². The highest BCUT2D eigenvalue weighted by molar-refractivity contribution is 5.99. The SMILES string of the molecule is CNC(=O)c1nnc(NC(=O)CC(C)C)cc1Nc1nccc(-c2noc(CN3CCOC3=O)n2)c1OC. The van der Waals surface area contributed by atoms with Gasteiger partial charge in [-0.2, -0.15) is 4.98 Å². The van der Waals surface area contributed by atoms with E-state index in [0.717, 1.165) is 0 Å². The number of nitrogens with one attached hydrogen (secondary N) is 3. The fraction of sp³-hybridized carbons (Fsp3) is 0.391. The number of carbonyl (C=O) groups is 3. The molecule has 0 saturated carbocycles. The highest BCUT2D eigenvalue weighted by Gasteiger charge is 2.26. The number of carbonyl (C=O) groups excluding carboxylic acids is 3. The van der Waals surface area contributed by atoms with Gasteiger partial charge in [-0.3, -0.25) is 14.5 Å². The Morgan fingerprint density at radius 2 is 2.08 bits per heavy atom. The fourth-order valence-electron chi connectivity index (χ4n) is 3.61. The molecule has 38 heavy (non-hydrogen) atoms. The summed E-state index contributed by atoms with van der Waals surface area (Å²) in [5.74, 6) is 0.466. The van der Waals surface area contributed by atoms with Crippen LogP contribution in [0.2, 0.25) is 0 Å². The van der Waals surface area contributed by atoms with Gasteiger partial charge < -0.3 is 29.9 Å². The molecule has 3 aromatic heterocycles. The van der Waals surface area contributed by atoms with Crippen LogP contribution in [0.4, 0.5) is 22.1 Å². The highest BCUT2D eigenvalue weighted by atomic mass is 16.6. The molecule has 3 amide bonds. The molecule has 3 aromatic rings. The number of methoxy groups -OCH3 is 1.